The highest BCUT2D eigenvalue weighted by atomic mass is 32.1. The van der Waals surface area contributed by atoms with E-state index < -0.39 is 4.92 Å². The predicted octanol–water partition coefficient (Wildman–Crippen LogP) is 4.02. The summed E-state index contributed by atoms with van der Waals surface area (Å²) in [5.41, 5.74) is 1.65. The fourth-order valence-electron chi connectivity index (χ4n) is 1.55. The molecule has 1 aromatic heterocycles. The van der Waals surface area contributed by atoms with E-state index in [-0.39, 0.29) is 5.69 Å². The van der Waals surface area contributed by atoms with Gasteiger partial charge in [0.2, 0.25) is 0 Å². The summed E-state index contributed by atoms with van der Waals surface area (Å²) in [7, 11) is 0. The van der Waals surface area contributed by atoms with E-state index >= 15 is 0 Å². The molecular formula is C13H12N2O2S. The fourth-order valence-corrected chi connectivity index (χ4v) is 2.30. The molecule has 0 spiro atoms. The number of nitrogens with zero attached hydrogens (tertiary/aromatic N) is 2. The summed E-state index contributed by atoms with van der Waals surface area (Å²) in [5, 5.41) is 10.6. The van der Waals surface area contributed by atoms with Gasteiger partial charge in [-0.05, 0) is 37.6 Å². The Morgan fingerprint density at radius 2 is 2.06 bits per heavy atom. The largest absolute Gasteiger partial charge is 0.269 e. The molecule has 0 aliphatic rings. The summed E-state index contributed by atoms with van der Waals surface area (Å²) in [6.07, 6.45) is 1.78. The van der Waals surface area contributed by atoms with Crippen molar-refractivity contribution < 1.29 is 4.92 Å². The van der Waals surface area contributed by atoms with Gasteiger partial charge in [0, 0.05) is 28.1 Å². The highest BCUT2D eigenvalue weighted by molar-refractivity contribution is 7.13. The molecule has 2 aromatic rings. The zero-order chi connectivity index (χ0) is 13.1. The van der Waals surface area contributed by atoms with E-state index in [0.29, 0.717) is 0 Å². The van der Waals surface area contributed by atoms with Gasteiger partial charge in [0.15, 0.2) is 0 Å². The van der Waals surface area contributed by atoms with Crippen molar-refractivity contribution in [2.24, 2.45) is 4.99 Å². The molecule has 0 saturated carbocycles. The van der Waals surface area contributed by atoms with Crippen molar-refractivity contribution >= 4 is 28.9 Å². The molecule has 0 N–H and O–H groups in total. The third-order valence-electron chi connectivity index (χ3n) is 2.48. The molecule has 92 valence electrons. The second kappa shape index (κ2) is 5.10. The minimum atomic E-state index is -0.400. The van der Waals surface area contributed by atoms with E-state index in [1.165, 1.54) is 17.0 Å². The normalized spacial score (nSPS) is 11.0. The average Bonchev–Trinajstić information content (AvgIpc) is 2.73. The van der Waals surface area contributed by atoms with Crippen molar-refractivity contribution in [3.05, 3.63) is 55.8 Å². The minimum Gasteiger partial charge on any atom is -0.258 e. The van der Waals surface area contributed by atoms with Gasteiger partial charge in [0.05, 0.1) is 10.6 Å². The molecule has 0 amide bonds. The van der Waals surface area contributed by atoms with Crippen LogP contribution in [0.2, 0.25) is 0 Å². The van der Waals surface area contributed by atoms with Crippen LogP contribution in [-0.2, 0) is 0 Å². The quantitative estimate of drug-likeness (QED) is 0.475. The molecule has 4 nitrogen and oxygen atoms in total. The number of hydrogen-bond acceptors (Lipinski definition) is 4. The first-order valence-electron chi connectivity index (χ1n) is 5.42. The second-order valence-electron chi connectivity index (χ2n) is 3.93. The molecule has 0 fully saturated rings. The summed E-state index contributed by atoms with van der Waals surface area (Å²) in [4.78, 5) is 16.9. The number of non-ortho nitro benzene ring substituents is 1. The van der Waals surface area contributed by atoms with Gasteiger partial charge in [0.25, 0.3) is 5.69 Å². The fraction of sp³-hybridized carbons (Fsp3) is 0.154. The average molecular weight is 260 g/mol. The Morgan fingerprint density at radius 3 is 2.61 bits per heavy atom. The number of thiophene rings is 1. The van der Waals surface area contributed by atoms with Gasteiger partial charge in [-0.3, -0.25) is 15.1 Å². The van der Waals surface area contributed by atoms with Crippen molar-refractivity contribution in [3.63, 3.8) is 0 Å². The maximum atomic E-state index is 10.6. The Bertz CT molecular complexity index is 617. The Morgan fingerprint density at radius 1 is 1.28 bits per heavy atom. The van der Waals surface area contributed by atoms with Crippen LogP contribution in [0.4, 0.5) is 11.4 Å². The Kier molecular flexibility index (Phi) is 3.53. The SMILES string of the molecule is Cc1ccc(C=Nc2ccc([N+](=O)[O-])cc2C)s1. The predicted molar refractivity (Wildman–Crippen MR) is 74.1 cm³/mol. The van der Waals surface area contributed by atoms with Gasteiger partial charge in [-0.1, -0.05) is 0 Å². The van der Waals surface area contributed by atoms with Crippen molar-refractivity contribution in [1.82, 2.24) is 0 Å². The number of aliphatic imine (C=N–C) groups is 1. The van der Waals surface area contributed by atoms with E-state index in [1.807, 2.05) is 26.0 Å². The maximum absolute atomic E-state index is 10.6. The number of aryl methyl sites for hydroxylation is 2. The van der Waals surface area contributed by atoms with E-state index in [4.69, 9.17) is 0 Å². The minimum absolute atomic E-state index is 0.0958. The summed E-state index contributed by atoms with van der Waals surface area (Å²) in [5.74, 6) is 0. The van der Waals surface area contributed by atoms with Crippen molar-refractivity contribution in [2.45, 2.75) is 13.8 Å². The standard InChI is InChI=1S/C13H12N2O2S/c1-9-7-11(15(16)17)4-6-13(9)14-8-12-5-3-10(2)18-12/h3-8H,1-2H3. The Labute approximate surface area is 109 Å². The third kappa shape index (κ3) is 2.81. The van der Waals surface area contributed by atoms with Crippen LogP contribution < -0.4 is 0 Å². The zero-order valence-corrected chi connectivity index (χ0v) is 10.9. The van der Waals surface area contributed by atoms with Crippen LogP contribution in [-0.4, -0.2) is 11.1 Å². The van der Waals surface area contributed by atoms with Gasteiger partial charge in [-0.15, -0.1) is 11.3 Å². The van der Waals surface area contributed by atoms with E-state index in [2.05, 4.69) is 4.99 Å². The van der Waals surface area contributed by atoms with Crippen molar-refractivity contribution in [2.75, 3.05) is 0 Å². The maximum Gasteiger partial charge on any atom is 0.269 e. The van der Waals surface area contributed by atoms with Crippen LogP contribution in [0.5, 0.6) is 0 Å². The molecule has 5 heteroatoms. The van der Waals surface area contributed by atoms with Crippen LogP contribution in [0, 0.1) is 24.0 Å². The monoisotopic (exact) mass is 260 g/mol. The summed E-state index contributed by atoms with van der Waals surface area (Å²) < 4.78 is 0. The van der Waals surface area contributed by atoms with Crippen LogP contribution in [0.1, 0.15) is 15.3 Å². The van der Waals surface area contributed by atoms with Crippen molar-refractivity contribution in [3.8, 4) is 0 Å². The molecular weight excluding hydrogens is 248 g/mol. The highest BCUT2D eigenvalue weighted by Crippen LogP contribution is 2.24. The van der Waals surface area contributed by atoms with Crippen LogP contribution in [0.25, 0.3) is 0 Å². The Hall–Kier alpha value is -2.01. The number of hydrogen-bond donors (Lipinski definition) is 0. The Balaban J connectivity index is 2.24. The topological polar surface area (TPSA) is 55.5 Å². The molecule has 1 heterocycles. The number of nitro groups is 1. The lowest BCUT2D eigenvalue weighted by molar-refractivity contribution is -0.384. The molecule has 2 rings (SSSR count). The van der Waals surface area contributed by atoms with Gasteiger partial charge < -0.3 is 0 Å². The second-order valence-corrected chi connectivity index (χ2v) is 5.25. The molecule has 1 aromatic carbocycles. The summed E-state index contributed by atoms with van der Waals surface area (Å²) >= 11 is 1.66. The lowest BCUT2D eigenvalue weighted by Gasteiger charge is -1.99. The molecule has 0 bridgehead atoms. The third-order valence-corrected chi connectivity index (χ3v) is 3.42. The van der Waals surface area contributed by atoms with Gasteiger partial charge in [-0.25, -0.2) is 0 Å². The smallest absolute Gasteiger partial charge is 0.258 e. The van der Waals surface area contributed by atoms with Gasteiger partial charge >= 0.3 is 0 Å². The number of rotatable bonds is 3. The number of nitro benzene ring substituents is 1. The highest BCUT2D eigenvalue weighted by Gasteiger charge is 2.06. The van der Waals surface area contributed by atoms with Crippen molar-refractivity contribution in [1.29, 1.82) is 0 Å². The molecule has 0 saturated heterocycles. The molecule has 18 heavy (non-hydrogen) atoms. The van der Waals surface area contributed by atoms with Gasteiger partial charge in [-0.2, -0.15) is 0 Å². The molecule has 0 aliphatic carbocycles. The van der Waals surface area contributed by atoms with Crippen LogP contribution >= 0.6 is 11.3 Å². The number of benzene rings is 1. The summed E-state index contributed by atoms with van der Waals surface area (Å²) in [6, 6.07) is 8.72. The first-order valence-corrected chi connectivity index (χ1v) is 6.23. The van der Waals surface area contributed by atoms with Crippen LogP contribution in [0.3, 0.4) is 0 Å². The molecule has 0 unspecified atom stereocenters. The molecule has 0 aliphatic heterocycles. The summed E-state index contributed by atoms with van der Waals surface area (Å²) in [6.45, 7) is 3.86. The van der Waals surface area contributed by atoms with E-state index in [0.717, 1.165) is 16.1 Å². The first kappa shape index (κ1) is 12.4. The van der Waals surface area contributed by atoms with Crippen LogP contribution in [0.15, 0.2) is 35.3 Å². The van der Waals surface area contributed by atoms with E-state index in [9.17, 15) is 10.1 Å². The molecule has 0 radical (unpaired) electrons. The first-order chi connectivity index (χ1) is 8.56. The lowest BCUT2D eigenvalue weighted by Crippen LogP contribution is -1.88. The lowest BCUT2D eigenvalue weighted by atomic mass is 10.2. The molecule has 0 atom stereocenters. The zero-order valence-electron chi connectivity index (χ0n) is 10.1. The van der Waals surface area contributed by atoms with Gasteiger partial charge in [0.1, 0.15) is 0 Å². The van der Waals surface area contributed by atoms with E-state index in [1.54, 1.807) is 23.6 Å².